The molecular weight excluding hydrogens is 477 g/mol. The average molecular weight is 506 g/mol. The summed E-state index contributed by atoms with van der Waals surface area (Å²) in [5.74, 6) is -0.294. The lowest BCUT2D eigenvalue weighted by Gasteiger charge is -2.28. The van der Waals surface area contributed by atoms with Crippen LogP contribution in [0.4, 0.5) is 4.39 Å². The van der Waals surface area contributed by atoms with E-state index in [2.05, 4.69) is 23.1 Å². The van der Waals surface area contributed by atoms with Crippen LogP contribution >= 0.6 is 0 Å². The lowest BCUT2D eigenvalue weighted by Crippen LogP contribution is -2.34. The molecule has 0 atom stereocenters. The number of carbonyl (C=O) groups excluding carboxylic acids is 1. The van der Waals surface area contributed by atoms with E-state index in [9.17, 15) is 14.4 Å². The lowest BCUT2D eigenvalue weighted by atomic mass is 10.0. The highest BCUT2D eigenvalue weighted by Gasteiger charge is 2.35. The number of para-hydroxylation sites is 1. The molecule has 0 saturated heterocycles. The van der Waals surface area contributed by atoms with Crippen LogP contribution in [0.3, 0.4) is 0 Å². The maximum atomic E-state index is 13.6. The molecule has 0 spiro atoms. The molecule has 0 radical (unpaired) electrons. The molecule has 1 aliphatic heterocycles. The lowest BCUT2D eigenvalue weighted by molar-refractivity contribution is 0.0726. The van der Waals surface area contributed by atoms with Crippen LogP contribution in [-0.4, -0.2) is 38.1 Å². The summed E-state index contributed by atoms with van der Waals surface area (Å²) in [4.78, 5) is 17.9. The molecule has 0 N–H and O–H groups in total. The molecule has 1 aliphatic carbocycles. The maximum Gasteiger partial charge on any atom is 0.254 e. The molecule has 1 fully saturated rings. The number of hydrogen-bond acceptors (Lipinski definition) is 4. The summed E-state index contributed by atoms with van der Waals surface area (Å²) in [6, 6.07) is 26.0. The van der Waals surface area contributed by atoms with Gasteiger partial charge < -0.3 is 4.90 Å². The molecule has 3 aromatic carbocycles. The Hall–Kier alpha value is -4.28. The highest BCUT2D eigenvalue weighted by molar-refractivity contribution is 5.95. The van der Waals surface area contributed by atoms with Crippen molar-refractivity contribution < 1.29 is 9.18 Å². The normalized spacial score (nSPS) is 15.1. The number of halogens is 1. The summed E-state index contributed by atoms with van der Waals surface area (Å²) in [7, 11) is 0. The van der Waals surface area contributed by atoms with E-state index in [4.69, 9.17) is 5.10 Å². The molecule has 2 aliphatic rings. The minimum Gasteiger partial charge on any atom is -0.330 e. The first-order chi connectivity index (χ1) is 18.6. The summed E-state index contributed by atoms with van der Waals surface area (Å²) < 4.78 is 15.5. The van der Waals surface area contributed by atoms with Crippen LogP contribution < -0.4 is 0 Å². The third-order valence-electron chi connectivity index (χ3n) is 7.35. The van der Waals surface area contributed by atoms with Gasteiger partial charge in [0.05, 0.1) is 35.3 Å². The highest BCUT2D eigenvalue weighted by Crippen LogP contribution is 2.33. The van der Waals surface area contributed by atoms with Crippen LogP contribution in [0.15, 0.2) is 78.9 Å². The van der Waals surface area contributed by atoms with Gasteiger partial charge >= 0.3 is 0 Å². The molecule has 38 heavy (non-hydrogen) atoms. The van der Waals surface area contributed by atoms with E-state index in [0.717, 1.165) is 54.9 Å². The molecule has 6 rings (SSSR count). The Balaban J connectivity index is 1.33. The van der Waals surface area contributed by atoms with E-state index in [-0.39, 0.29) is 17.8 Å². The van der Waals surface area contributed by atoms with Crippen molar-refractivity contribution in [2.24, 2.45) is 0 Å². The van der Waals surface area contributed by atoms with Gasteiger partial charge in [-0.2, -0.15) is 10.4 Å². The fourth-order valence-electron chi connectivity index (χ4n) is 5.24. The first kappa shape index (κ1) is 24.1. The van der Waals surface area contributed by atoms with Crippen molar-refractivity contribution in [2.45, 2.75) is 44.9 Å². The fraction of sp³-hybridized carbons (Fsp3) is 0.258. The minimum absolute atomic E-state index is 0.0633. The van der Waals surface area contributed by atoms with Gasteiger partial charge in [-0.05, 0) is 60.9 Å². The van der Waals surface area contributed by atoms with Gasteiger partial charge in [0.15, 0.2) is 0 Å². The van der Waals surface area contributed by atoms with Gasteiger partial charge in [-0.3, -0.25) is 9.69 Å². The summed E-state index contributed by atoms with van der Waals surface area (Å²) in [6.07, 6.45) is 2.78. The Bertz CT molecular complexity index is 1500. The van der Waals surface area contributed by atoms with Crippen molar-refractivity contribution >= 4 is 5.91 Å². The van der Waals surface area contributed by atoms with Gasteiger partial charge in [0, 0.05) is 43.2 Å². The van der Waals surface area contributed by atoms with Gasteiger partial charge in [0.1, 0.15) is 5.82 Å². The second-order valence-corrected chi connectivity index (χ2v) is 10.1. The van der Waals surface area contributed by atoms with E-state index in [1.807, 2.05) is 39.9 Å². The zero-order chi connectivity index (χ0) is 26.1. The number of carbonyl (C=O) groups is 1. The Morgan fingerprint density at radius 1 is 1.05 bits per heavy atom. The average Bonchev–Trinajstić information content (AvgIpc) is 3.74. The first-order valence-electron chi connectivity index (χ1n) is 13.0. The zero-order valence-corrected chi connectivity index (χ0v) is 21.1. The Morgan fingerprint density at radius 3 is 2.58 bits per heavy atom. The van der Waals surface area contributed by atoms with E-state index >= 15 is 0 Å². The summed E-state index contributed by atoms with van der Waals surface area (Å²) in [5, 5.41) is 14.4. The van der Waals surface area contributed by atoms with E-state index < -0.39 is 0 Å². The third kappa shape index (κ3) is 4.96. The van der Waals surface area contributed by atoms with Crippen LogP contribution in [0.2, 0.25) is 0 Å². The number of nitriles is 1. The predicted octanol–water partition coefficient (Wildman–Crippen LogP) is 5.25. The number of benzene rings is 3. The van der Waals surface area contributed by atoms with Crippen molar-refractivity contribution in [1.29, 1.82) is 5.26 Å². The molecule has 0 bridgehead atoms. The first-order valence-corrected chi connectivity index (χ1v) is 13.0. The van der Waals surface area contributed by atoms with Crippen LogP contribution in [0.1, 0.15) is 51.3 Å². The van der Waals surface area contributed by atoms with Gasteiger partial charge in [0.2, 0.25) is 0 Å². The Morgan fingerprint density at radius 2 is 1.84 bits per heavy atom. The number of aromatic nitrogens is 2. The van der Waals surface area contributed by atoms with Crippen molar-refractivity contribution in [3.8, 4) is 11.8 Å². The van der Waals surface area contributed by atoms with Gasteiger partial charge in [-0.15, -0.1) is 0 Å². The quantitative estimate of drug-likeness (QED) is 0.344. The van der Waals surface area contributed by atoms with E-state index in [1.54, 1.807) is 24.3 Å². The second kappa shape index (κ2) is 10.2. The molecule has 7 heteroatoms. The number of amides is 1. The van der Waals surface area contributed by atoms with Gasteiger partial charge in [0.25, 0.3) is 5.91 Å². The molecular formula is C31H28FN5O. The topological polar surface area (TPSA) is 65.2 Å². The van der Waals surface area contributed by atoms with Crippen molar-refractivity contribution in [3.05, 3.63) is 118 Å². The van der Waals surface area contributed by atoms with Crippen LogP contribution in [-0.2, 0) is 26.1 Å². The Kier molecular flexibility index (Phi) is 6.48. The number of rotatable bonds is 7. The maximum absolute atomic E-state index is 13.6. The molecule has 2 heterocycles. The standard InChI is InChI=1S/C31H28FN5O/c32-25-11-9-22(10-12-25)19-35-16-15-30-28(20-35)29(34-37(30)27-7-2-1-3-8-27)21-36(26-13-14-26)31(38)24-6-4-5-23(17-24)18-33/h1-12,17,26H,13-16,19-21H2. The SMILES string of the molecule is N#Cc1cccc(C(=O)N(Cc2nn(-c3ccccc3)c3c2CN(Cc2ccc(F)cc2)CC3)C2CC2)c1. The van der Waals surface area contributed by atoms with Gasteiger partial charge in [-0.25, -0.2) is 9.07 Å². The smallest absolute Gasteiger partial charge is 0.254 e. The largest absolute Gasteiger partial charge is 0.330 e. The van der Waals surface area contributed by atoms with Crippen molar-refractivity contribution in [3.63, 3.8) is 0 Å². The summed E-state index contributed by atoms with van der Waals surface area (Å²) >= 11 is 0. The van der Waals surface area contributed by atoms with Crippen LogP contribution in [0.5, 0.6) is 0 Å². The monoisotopic (exact) mass is 505 g/mol. The molecule has 0 unspecified atom stereocenters. The molecule has 1 aromatic heterocycles. The minimum atomic E-state index is -0.230. The summed E-state index contributed by atoms with van der Waals surface area (Å²) in [5.41, 5.74) is 6.33. The fourth-order valence-corrected chi connectivity index (χ4v) is 5.24. The highest BCUT2D eigenvalue weighted by atomic mass is 19.1. The number of hydrogen-bond donors (Lipinski definition) is 0. The number of nitrogens with zero attached hydrogens (tertiary/aromatic N) is 5. The molecule has 190 valence electrons. The second-order valence-electron chi connectivity index (χ2n) is 10.1. The molecule has 6 nitrogen and oxygen atoms in total. The third-order valence-corrected chi connectivity index (χ3v) is 7.35. The number of fused-ring (bicyclic) bond motifs is 1. The van der Waals surface area contributed by atoms with Crippen LogP contribution in [0.25, 0.3) is 5.69 Å². The van der Waals surface area contributed by atoms with E-state index in [0.29, 0.717) is 24.2 Å². The molecule has 4 aromatic rings. The van der Waals surface area contributed by atoms with Crippen LogP contribution in [0, 0.1) is 17.1 Å². The Labute approximate surface area is 221 Å². The zero-order valence-electron chi connectivity index (χ0n) is 21.1. The summed E-state index contributed by atoms with van der Waals surface area (Å²) in [6.45, 7) is 2.73. The van der Waals surface area contributed by atoms with Gasteiger partial charge in [-0.1, -0.05) is 36.4 Å². The van der Waals surface area contributed by atoms with E-state index in [1.165, 1.54) is 17.8 Å². The predicted molar refractivity (Wildman–Crippen MR) is 142 cm³/mol. The van der Waals surface area contributed by atoms with Crippen molar-refractivity contribution in [2.75, 3.05) is 6.54 Å². The molecule has 1 amide bonds. The van der Waals surface area contributed by atoms with Crippen molar-refractivity contribution in [1.82, 2.24) is 19.6 Å². The molecule has 1 saturated carbocycles.